The second-order valence-corrected chi connectivity index (χ2v) is 10.1. The Balaban J connectivity index is 1.32. The molecule has 1 atom stereocenters. The van der Waals surface area contributed by atoms with E-state index in [-0.39, 0.29) is 6.17 Å². The molecule has 0 spiro atoms. The Morgan fingerprint density at radius 3 is 2.00 bits per heavy atom. The van der Waals surface area contributed by atoms with Gasteiger partial charge in [-0.15, -0.1) is 0 Å². The number of furan rings is 1. The van der Waals surface area contributed by atoms with E-state index in [1.165, 1.54) is 16.3 Å². The van der Waals surface area contributed by atoms with Crippen molar-refractivity contribution >= 4 is 44.1 Å². The normalized spacial score (nSPS) is 12.2. The Labute approximate surface area is 233 Å². The van der Waals surface area contributed by atoms with Crippen LogP contribution in [0.25, 0.3) is 43.8 Å². The highest BCUT2D eigenvalue weighted by Crippen LogP contribution is 2.47. The third-order valence-electron chi connectivity index (χ3n) is 7.51. The van der Waals surface area contributed by atoms with Crippen molar-refractivity contribution in [1.82, 2.24) is 5.32 Å². The van der Waals surface area contributed by atoms with Crippen molar-refractivity contribution < 1.29 is 4.42 Å². The van der Waals surface area contributed by atoms with Crippen LogP contribution in [0.1, 0.15) is 17.3 Å². The van der Waals surface area contributed by atoms with Crippen LogP contribution in [-0.2, 0) is 6.54 Å². The molecule has 0 bridgehead atoms. The molecule has 0 amide bonds. The van der Waals surface area contributed by atoms with Gasteiger partial charge in [-0.3, -0.25) is 5.32 Å². The van der Waals surface area contributed by atoms with Crippen LogP contribution >= 0.6 is 0 Å². The molecule has 0 aliphatic heterocycles. The highest BCUT2D eigenvalue weighted by molar-refractivity contribution is 6.27. The summed E-state index contributed by atoms with van der Waals surface area (Å²) in [5.74, 6) is 0. The molecule has 1 heterocycles. The number of fused-ring (bicyclic) bond motifs is 5. The number of hydrogen-bond donors (Lipinski definition) is 3. The van der Waals surface area contributed by atoms with E-state index in [0.29, 0.717) is 6.54 Å². The second-order valence-electron chi connectivity index (χ2n) is 10.1. The van der Waals surface area contributed by atoms with Gasteiger partial charge in [0.25, 0.3) is 0 Å². The van der Waals surface area contributed by atoms with Crippen molar-refractivity contribution in [1.29, 1.82) is 0 Å². The highest BCUT2D eigenvalue weighted by atomic mass is 16.3. The minimum atomic E-state index is -0.267. The zero-order valence-corrected chi connectivity index (χ0v) is 22.0. The van der Waals surface area contributed by atoms with Gasteiger partial charge in [-0.2, -0.15) is 0 Å². The van der Waals surface area contributed by atoms with Gasteiger partial charge in [-0.05, 0) is 45.7 Å². The molecule has 7 rings (SSSR count). The van der Waals surface area contributed by atoms with Gasteiger partial charge in [0.05, 0.1) is 11.9 Å². The first-order valence-electron chi connectivity index (χ1n) is 13.6. The molecular weight excluding hydrogens is 490 g/mol. The lowest BCUT2D eigenvalue weighted by Gasteiger charge is -2.18. The summed E-state index contributed by atoms with van der Waals surface area (Å²) in [7, 11) is 0. The van der Waals surface area contributed by atoms with E-state index >= 15 is 0 Å². The second kappa shape index (κ2) is 10.3. The largest absolute Gasteiger partial charge is 0.454 e. The van der Waals surface area contributed by atoms with E-state index in [9.17, 15) is 0 Å². The molecule has 4 heteroatoms. The van der Waals surface area contributed by atoms with E-state index in [0.717, 1.165) is 50.0 Å². The lowest BCUT2D eigenvalue weighted by molar-refractivity contribution is 0.552. The number of anilines is 2. The summed E-state index contributed by atoms with van der Waals surface area (Å²) in [5, 5.41) is 11.7. The van der Waals surface area contributed by atoms with Gasteiger partial charge in [0, 0.05) is 28.6 Å². The van der Waals surface area contributed by atoms with Gasteiger partial charge >= 0.3 is 0 Å². The molecule has 1 unspecified atom stereocenters. The van der Waals surface area contributed by atoms with E-state index in [1.807, 2.05) is 36.4 Å². The summed E-state index contributed by atoms with van der Waals surface area (Å²) in [5.41, 5.74) is 14.6. The molecule has 4 nitrogen and oxygen atoms in total. The van der Waals surface area contributed by atoms with Crippen molar-refractivity contribution in [3.8, 4) is 11.1 Å². The first-order chi connectivity index (χ1) is 19.8. The van der Waals surface area contributed by atoms with Crippen molar-refractivity contribution in [2.24, 2.45) is 5.73 Å². The Hall–Kier alpha value is -4.90. The van der Waals surface area contributed by atoms with Crippen LogP contribution in [-0.4, -0.2) is 0 Å². The summed E-state index contributed by atoms with van der Waals surface area (Å²) in [6.45, 7) is 0.712. The predicted molar refractivity (Wildman–Crippen MR) is 167 cm³/mol. The van der Waals surface area contributed by atoms with E-state index in [2.05, 4.69) is 108 Å². The molecule has 0 radical (unpaired) electrons. The van der Waals surface area contributed by atoms with Crippen molar-refractivity contribution in [2.45, 2.75) is 12.7 Å². The molecule has 0 aliphatic rings. The first-order valence-corrected chi connectivity index (χ1v) is 13.6. The molecule has 1 aromatic heterocycles. The highest BCUT2D eigenvalue weighted by Gasteiger charge is 2.21. The molecule has 7 aromatic rings. The SMILES string of the molecule is NC(NCc1ccccc1)c1ccc(Nc2c(-c3ccccc3)c3ccccc3c3c2oc2ccccc23)cc1. The molecule has 40 heavy (non-hydrogen) atoms. The number of rotatable bonds is 7. The number of para-hydroxylation sites is 1. The summed E-state index contributed by atoms with van der Waals surface area (Å²) in [4.78, 5) is 0. The van der Waals surface area contributed by atoms with Crippen LogP contribution in [0.15, 0.2) is 138 Å². The van der Waals surface area contributed by atoms with Crippen molar-refractivity contribution in [3.05, 3.63) is 145 Å². The lowest BCUT2D eigenvalue weighted by Crippen LogP contribution is -2.28. The molecule has 0 saturated heterocycles. The number of hydrogen-bond acceptors (Lipinski definition) is 4. The molecule has 194 valence electrons. The number of nitrogens with two attached hydrogens (primary N) is 1. The summed E-state index contributed by atoms with van der Waals surface area (Å²) >= 11 is 0. The lowest BCUT2D eigenvalue weighted by atomic mass is 9.93. The maximum atomic E-state index is 6.57. The minimum absolute atomic E-state index is 0.267. The van der Waals surface area contributed by atoms with Gasteiger partial charge in [0.1, 0.15) is 5.58 Å². The maximum Gasteiger partial charge on any atom is 0.160 e. The summed E-state index contributed by atoms with van der Waals surface area (Å²) in [6.07, 6.45) is -0.267. The third-order valence-corrected chi connectivity index (χ3v) is 7.51. The van der Waals surface area contributed by atoms with Crippen molar-refractivity contribution in [3.63, 3.8) is 0 Å². The molecule has 4 N–H and O–H groups in total. The van der Waals surface area contributed by atoms with Crippen LogP contribution in [0, 0.1) is 0 Å². The van der Waals surface area contributed by atoms with E-state index in [1.54, 1.807) is 0 Å². The Bertz CT molecular complexity index is 1930. The van der Waals surface area contributed by atoms with E-state index in [4.69, 9.17) is 10.2 Å². The monoisotopic (exact) mass is 519 g/mol. The quantitative estimate of drug-likeness (QED) is 0.184. The topological polar surface area (TPSA) is 63.2 Å². The Morgan fingerprint density at radius 2 is 1.25 bits per heavy atom. The van der Waals surface area contributed by atoms with Gasteiger partial charge in [-0.1, -0.05) is 115 Å². The van der Waals surface area contributed by atoms with Gasteiger partial charge < -0.3 is 15.5 Å². The predicted octanol–water partition coefficient (Wildman–Crippen LogP) is 8.90. The van der Waals surface area contributed by atoms with E-state index < -0.39 is 0 Å². The molecule has 0 aliphatic carbocycles. The standard InChI is InChI=1S/C36H29N3O/c37-36(38-23-24-11-3-1-4-12-24)26-19-21-27(22-20-26)39-34-32(25-13-5-2-6-14-25)28-15-7-8-16-29(28)33-30-17-9-10-18-31(30)40-35(33)34/h1-22,36,38-39H,23,37H2. The minimum Gasteiger partial charge on any atom is -0.454 e. The zero-order valence-electron chi connectivity index (χ0n) is 22.0. The molecular formula is C36H29N3O. The Kier molecular flexibility index (Phi) is 6.25. The fourth-order valence-corrected chi connectivity index (χ4v) is 5.54. The number of benzene rings is 6. The van der Waals surface area contributed by atoms with Crippen LogP contribution in [0.3, 0.4) is 0 Å². The fourth-order valence-electron chi connectivity index (χ4n) is 5.54. The van der Waals surface area contributed by atoms with Crippen LogP contribution in [0.2, 0.25) is 0 Å². The van der Waals surface area contributed by atoms with Gasteiger partial charge in [0.2, 0.25) is 0 Å². The average molecular weight is 520 g/mol. The average Bonchev–Trinajstić information content (AvgIpc) is 3.41. The molecule has 0 fully saturated rings. The zero-order chi connectivity index (χ0) is 26.9. The maximum absolute atomic E-state index is 6.57. The van der Waals surface area contributed by atoms with Crippen LogP contribution < -0.4 is 16.4 Å². The van der Waals surface area contributed by atoms with Gasteiger partial charge in [-0.25, -0.2) is 0 Å². The summed E-state index contributed by atoms with van der Waals surface area (Å²) < 4.78 is 6.57. The molecule has 0 saturated carbocycles. The summed E-state index contributed by atoms with van der Waals surface area (Å²) in [6, 6.07) is 46.0. The smallest absolute Gasteiger partial charge is 0.160 e. The van der Waals surface area contributed by atoms with Crippen LogP contribution in [0.5, 0.6) is 0 Å². The van der Waals surface area contributed by atoms with Gasteiger partial charge in [0.15, 0.2) is 5.58 Å². The number of nitrogens with one attached hydrogen (secondary N) is 2. The fraction of sp³-hybridized carbons (Fsp3) is 0.0556. The van der Waals surface area contributed by atoms with Crippen LogP contribution in [0.4, 0.5) is 11.4 Å². The molecule has 6 aromatic carbocycles. The third kappa shape index (κ3) is 4.39. The van der Waals surface area contributed by atoms with Crippen molar-refractivity contribution in [2.75, 3.05) is 5.32 Å². The first kappa shape index (κ1) is 24.2. The Morgan fingerprint density at radius 1 is 0.625 bits per heavy atom.